The van der Waals surface area contributed by atoms with Gasteiger partial charge in [0, 0.05) is 17.7 Å². The molecule has 3 aromatic rings. The van der Waals surface area contributed by atoms with Crippen molar-refractivity contribution in [3.05, 3.63) is 83.4 Å². The van der Waals surface area contributed by atoms with Crippen LogP contribution in [0.5, 0.6) is 11.5 Å². The number of carbonyl (C=O) groups is 2. The number of alkyl carbamates (subject to hydrolysis) is 1. The van der Waals surface area contributed by atoms with Gasteiger partial charge in [-0.15, -0.1) is 0 Å². The molecule has 0 fully saturated rings. The minimum atomic E-state index is -2.25. The molecule has 0 unspecified atom stereocenters. The molecule has 7 nitrogen and oxygen atoms in total. The second-order valence-corrected chi connectivity index (χ2v) is 25.8. The largest absolute Gasteiger partial charge is 0.541 e. The van der Waals surface area contributed by atoms with Crippen molar-refractivity contribution < 1.29 is 27.9 Å². The van der Waals surface area contributed by atoms with Crippen LogP contribution in [0.1, 0.15) is 64.2 Å². The molecule has 0 heterocycles. The third-order valence-electron chi connectivity index (χ3n) is 10.0. The van der Waals surface area contributed by atoms with Crippen molar-refractivity contribution in [2.24, 2.45) is 0 Å². The summed E-state index contributed by atoms with van der Waals surface area (Å²) < 4.78 is 24.9. The molecule has 1 atom stereocenters. The summed E-state index contributed by atoms with van der Waals surface area (Å²) in [5, 5.41) is 3.25. The second kappa shape index (κ2) is 14.8. The molecule has 0 spiro atoms. The number of carbonyl (C=O) groups excluding carboxylic acids is 2. The summed E-state index contributed by atoms with van der Waals surface area (Å²) in [6.45, 7) is 22.4. The third-order valence-corrected chi connectivity index (χ3v) is 19.0. The van der Waals surface area contributed by atoms with E-state index in [1.54, 1.807) is 0 Å². The zero-order valence-electron chi connectivity index (χ0n) is 30.2. The number of ether oxygens (including phenoxy) is 2. The predicted octanol–water partition coefficient (Wildman–Crippen LogP) is 9.84. The lowest BCUT2D eigenvalue weighted by Gasteiger charge is -2.39. The van der Waals surface area contributed by atoms with Crippen molar-refractivity contribution in [1.29, 1.82) is 0 Å². The molecule has 10 heteroatoms. The summed E-state index contributed by atoms with van der Waals surface area (Å²) in [7, 11) is -4.44. The minimum Gasteiger partial charge on any atom is -0.541 e. The average Bonchev–Trinajstić information content (AvgIpc) is 3.32. The molecule has 3 aromatic carbocycles. The summed E-state index contributed by atoms with van der Waals surface area (Å²) in [4.78, 5) is 26.6. The Balaban J connectivity index is 1.57. The maximum Gasteiger partial charge on any atom is 0.407 e. The number of fused-ring (bicyclic) bond motifs is 3. The Kier molecular flexibility index (Phi) is 11.6. The number of amides is 1. The maximum atomic E-state index is 13.3. The zero-order chi connectivity index (χ0) is 35.5. The van der Waals surface area contributed by atoms with E-state index in [-0.39, 0.29) is 35.6 Å². The first-order valence-electron chi connectivity index (χ1n) is 16.7. The summed E-state index contributed by atoms with van der Waals surface area (Å²) >= 11 is 3.32. The zero-order valence-corrected chi connectivity index (χ0v) is 33.7. The van der Waals surface area contributed by atoms with Crippen LogP contribution in [0.2, 0.25) is 36.3 Å². The Morgan fingerprint density at radius 1 is 0.771 bits per heavy atom. The summed E-state index contributed by atoms with van der Waals surface area (Å²) in [5.74, 6) is 0.748. The van der Waals surface area contributed by atoms with Crippen LogP contribution < -0.4 is 14.2 Å². The lowest BCUT2D eigenvalue weighted by Crippen LogP contribution is -2.46. The summed E-state index contributed by atoms with van der Waals surface area (Å²) in [6.07, 6.45) is -0.479. The summed E-state index contributed by atoms with van der Waals surface area (Å²) in [5.41, 5.74) is 5.35. The van der Waals surface area contributed by atoms with Crippen molar-refractivity contribution in [3.63, 3.8) is 0 Å². The first kappa shape index (κ1) is 37.7. The molecule has 4 rings (SSSR count). The van der Waals surface area contributed by atoms with Crippen LogP contribution in [0.25, 0.3) is 11.1 Å². The highest BCUT2D eigenvalue weighted by atomic mass is 79.9. The van der Waals surface area contributed by atoms with Gasteiger partial charge in [-0.1, -0.05) is 112 Å². The number of alkyl halides is 1. The molecule has 0 radical (unpaired) electrons. The van der Waals surface area contributed by atoms with Crippen LogP contribution >= 0.6 is 15.9 Å². The Labute approximate surface area is 297 Å². The van der Waals surface area contributed by atoms with Gasteiger partial charge in [0.1, 0.15) is 30.8 Å². The number of esters is 1. The van der Waals surface area contributed by atoms with Gasteiger partial charge in [-0.25, -0.2) is 9.59 Å². The fourth-order valence-electron chi connectivity index (χ4n) is 5.15. The van der Waals surface area contributed by atoms with Crippen LogP contribution in [0.3, 0.4) is 0 Å². The van der Waals surface area contributed by atoms with Gasteiger partial charge >= 0.3 is 12.1 Å². The van der Waals surface area contributed by atoms with E-state index in [0.717, 1.165) is 27.8 Å². The molecule has 1 N–H and O–H groups in total. The molecule has 0 saturated carbocycles. The number of halogens is 1. The average molecular weight is 755 g/mol. The van der Waals surface area contributed by atoms with Gasteiger partial charge in [-0.05, 0) is 76.2 Å². The standard InChI is InChI=1S/C38H52BrNO6Si2/c1-37(2,3)47(7,8)45-33-20-19-26(24-34(33)46-48(9,10)38(4,5)6)23-32(35(41)43-22-21-39)40-36(42)44-25-31-29-17-13-11-15-27(29)28-16-12-14-18-30(28)31/h11-20,24,31-32H,21-23,25H2,1-10H3,(H,40,42)/t32-/m0/s1. The molecule has 0 aliphatic heterocycles. The number of benzene rings is 3. The molecular weight excluding hydrogens is 702 g/mol. The van der Waals surface area contributed by atoms with E-state index in [9.17, 15) is 9.59 Å². The minimum absolute atomic E-state index is 0.00285. The highest BCUT2D eigenvalue weighted by molar-refractivity contribution is 9.09. The highest BCUT2D eigenvalue weighted by Crippen LogP contribution is 2.45. The highest BCUT2D eigenvalue weighted by Gasteiger charge is 2.42. The van der Waals surface area contributed by atoms with Gasteiger partial charge in [-0.2, -0.15) is 0 Å². The SMILES string of the molecule is CC(C)(C)[Si](C)(C)Oc1ccc(C[C@H](NC(=O)OCC2c3ccccc3-c3ccccc32)C(=O)OCCBr)cc1O[Si](C)(C)C(C)(C)C. The first-order chi connectivity index (χ1) is 22.3. The quantitative estimate of drug-likeness (QED) is 0.113. The van der Waals surface area contributed by atoms with Crippen LogP contribution in [0, 0.1) is 0 Å². The van der Waals surface area contributed by atoms with E-state index in [1.165, 1.54) is 0 Å². The van der Waals surface area contributed by atoms with E-state index in [2.05, 4.69) is 113 Å². The van der Waals surface area contributed by atoms with Crippen molar-refractivity contribution in [2.45, 2.75) is 96.2 Å². The normalized spacial score (nSPS) is 14.1. The monoisotopic (exact) mass is 753 g/mol. The van der Waals surface area contributed by atoms with Crippen LogP contribution in [-0.4, -0.2) is 53.3 Å². The molecule has 1 amide bonds. The summed E-state index contributed by atoms with van der Waals surface area (Å²) in [6, 6.07) is 21.2. The smallest absolute Gasteiger partial charge is 0.407 e. The van der Waals surface area contributed by atoms with Gasteiger partial charge in [0.2, 0.25) is 0 Å². The fourth-order valence-corrected chi connectivity index (χ4v) is 7.35. The Morgan fingerprint density at radius 2 is 1.29 bits per heavy atom. The third kappa shape index (κ3) is 8.73. The van der Waals surface area contributed by atoms with Crippen molar-refractivity contribution >= 4 is 44.6 Å². The van der Waals surface area contributed by atoms with Crippen LogP contribution in [0.15, 0.2) is 66.7 Å². The lowest BCUT2D eigenvalue weighted by molar-refractivity contribution is -0.145. The number of hydrogen-bond acceptors (Lipinski definition) is 6. The molecule has 260 valence electrons. The van der Waals surface area contributed by atoms with Gasteiger partial charge in [0.05, 0.1) is 0 Å². The molecular formula is C38H52BrNO6Si2. The van der Waals surface area contributed by atoms with Crippen molar-refractivity contribution in [2.75, 3.05) is 18.5 Å². The predicted molar refractivity (Wildman–Crippen MR) is 203 cm³/mol. The Morgan fingerprint density at radius 3 is 1.81 bits per heavy atom. The number of nitrogens with one attached hydrogen (secondary N) is 1. The van der Waals surface area contributed by atoms with Gasteiger partial charge in [0.25, 0.3) is 16.6 Å². The van der Waals surface area contributed by atoms with Crippen molar-refractivity contribution in [1.82, 2.24) is 5.32 Å². The fraction of sp³-hybridized carbons (Fsp3) is 0.474. The second-order valence-electron chi connectivity index (χ2n) is 15.6. The molecule has 0 aromatic heterocycles. The molecule has 1 aliphatic carbocycles. The van der Waals surface area contributed by atoms with E-state index in [4.69, 9.17) is 18.3 Å². The van der Waals surface area contributed by atoms with Crippen LogP contribution in [0.4, 0.5) is 4.79 Å². The first-order valence-corrected chi connectivity index (χ1v) is 23.6. The van der Waals surface area contributed by atoms with E-state index in [0.29, 0.717) is 16.8 Å². The number of hydrogen-bond donors (Lipinski definition) is 1. The lowest BCUT2D eigenvalue weighted by atomic mass is 9.98. The molecule has 1 aliphatic rings. The Bertz CT molecular complexity index is 1570. The molecule has 48 heavy (non-hydrogen) atoms. The van der Waals surface area contributed by atoms with Crippen LogP contribution in [-0.2, 0) is 20.7 Å². The van der Waals surface area contributed by atoms with Gasteiger partial charge in [0.15, 0.2) is 0 Å². The molecule has 0 bridgehead atoms. The van der Waals surface area contributed by atoms with E-state index < -0.39 is 34.7 Å². The number of rotatable bonds is 12. The topological polar surface area (TPSA) is 83.1 Å². The van der Waals surface area contributed by atoms with E-state index in [1.807, 2.05) is 42.5 Å². The van der Waals surface area contributed by atoms with E-state index >= 15 is 0 Å². The van der Waals surface area contributed by atoms with Gasteiger partial charge in [-0.3, -0.25) is 0 Å². The molecule has 0 saturated heterocycles. The Hall–Kier alpha value is -3.09. The maximum absolute atomic E-state index is 13.3. The van der Waals surface area contributed by atoms with Crippen molar-refractivity contribution in [3.8, 4) is 22.6 Å². The van der Waals surface area contributed by atoms with Gasteiger partial charge < -0.3 is 23.6 Å².